The van der Waals surface area contributed by atoms with E-state index in [1.54, 1.807) is 7.11 Å². The molecule has 0 fully saturated rings. The number of nitrogens with one attached hydrogen (secondary N) is 2. The van der Waals surface area contributed by atoms with Crippen LogP contribution in [0.5, 0.6) is 0 Å². The number of amides is 1. The number of methoxy groups -OCH3 is 1. The van der Waals surface area contributed by atoms with Gasteiger partial charge in [-0.05, 0) is 12.8 Å². The Balaban J connectivity index is 3.64. The van der Waals surface area contributed by atoms with Crippen LogP contribution in [0.15, 0.2) is 4.99 Å². The highest BCUT2D eigenvalue weighted by molar-refractivity contribution is 5.80. The molecule has 0 rings (SSSR count). The second-order valence-corrected chi connectivity index (χ2v) is 3.61. The molecule has 0 spiro atoms. The van der Waals surface area contributed by atoms with Gasteiger partial charge in [0.25, 0.3) is 5.91 Å². The maximum absolute atomic E-state index is 11.2. The Morgan fingerprint density at radius 2 is 2.17 bits per heavy atom. The van der Waals surface area contributed by atoms with Crippen molar-refractivity contribution < 1.29 is 14.4 Å². The lowest BCUT2D eigenvalue weighted by atomic mass is 10.1. The number of hydrogen-bond acceptors (Lipinski definition) is 5. The predicted octanol–water partition coefficient (Wildman–Crippen LogP) is -1.68. The second kappa shape index (κ2) is 10.8. The van der Waals surface area contributed by atoms with E-state index in [-0.39, 0.29) is 5.91 Å². The van der Waals surface area contributed by atoms with Crippen LogP contribution in [0.4, 0.5) is 0 Å². The molecule has 0 bridgehead atoms. The van der Waals surface area contributed by atoms with Gasteiger partial charge in [-0.3, -0.25) is 14.6 Å². The topological polar surface area (TPSA) is 124 Å². The van der Waals surface area contributed by atoms with E-state index in [1.165, 1.54) is 7.11 Å². The Kier molecular flexibility index (Phi) is 9.93. The van der Waals surface area contributed by atoms with Crippen LogP contribution in [-0.2, 0) is 14.4 Å². The molecule has 0 heterocycles. The first-order valence-electron chi connectivity index (χ1n) is 5.73. The highest BCUT2D eigenvalue weighted by atomic mass is 16.6. The van der Waals surface area contributed by atoms with Crippen LogP contribution in [0.25, 0.3) is 0 Å². The Morgan fingerprint density at radius 3 is 2.78 bits per heavy atom. The smallest absolute Gasteiger partial charge is 0.260 e. The van der Waals surface area contributed by atoms with Gasteiger partial charge in [0, 0.05) is 20.2 Å². The van der Waals surface area contributed by atoms with Gasteiger partial charge < -0.3 is 21.5 Å². The van der Waals surface area contributed by atoms with Gasteiger partial charge in [0.05, 0.1) is 19.8 Å². The number of ether oxygens (including phenoxy) is 1. The monoisotopic (exact) mass is 261 g/mol. The molecule has 18 heavy (non-hydrogen) atoms. The molecule has 0 saturated carbocycles. The lowest BCUT2D eigenvalue weighted by Crippen LogP contribution is -2.40. The molecule has 1 atom stereocenters. The van der Waals surface area contributed by atoms with Crippen molar-refractivity contribution in [2.45, 2.75) is 18.9 Å². The Hall–Kier alpha value is -1.38. The molecule has 0 aliphatic rings. The standard InChI is InChI=1S/C10H23N5O3/c1-17-7-6-14-10(12)13-5-3-4-8(11)9(16)15-18-2/h8H,3-7,11H2,1-2H3,(H,15,16)(H3,12,13,14)/t8-/m0/s1. The third kappa shape index (κ3) is 8.74. The number of hydroxylamine groups is 1. The molecule has 106 valence electrons. The first kappa shape index (κ1) is 16.6. The molecule has 8 heteroatoms. The lowest BCUT2D eigenvalue weighted by molar-refractivity contribution is -0.132. The molecule has 0 aromatic heterocycles. The largest absolute Gasteiger partial charge is 0.383 e. The minimum Gasteiger partial charge on any atom is -0.383 e. The van der Waals surface area contributed by atoms with Gasteiger partial charge >= 0.3 is 0 Å². The minimum atomic E-state index is -0.595. The zero-order valence-corrected chi connectivity index (χ0v) is 10.9. The molecular weight excluding hydrogens is 238 g/mol. The van der Waals surface area contributed by atoms with Gasteiger partial charge in [-0.2, -0.15) is 0 Å². The molecule has 8 nitrogen and oxygen atoms in total. The molecule has 0 aromatic carbocycles. The molecule has 0 saturated heterocycles. The molecule has 0 aliphatic carbocycles. The lowest BCUT2D eigenvalue weighted by Gasteiger charge is -2.09. The van der Waals surface area contributed by atoms with Crippen molar-refractivity contribution in [3.8, 4) is 0 Å². The van der Waals surface area contributed by atoms with Crippen LogP contribution in [0.1, 0.15) is 12.8 Å². The molecule has 0 radical (unpaired) electrons. The van der Waals surface area contributed by atoms with E-state index in [4.69, 9.17) is 16.2 Å². The SMILES string of the molecule is COCCNC(N)=NCCC[C@H](N)C(=O)NOC. The summed E-state index contributed by atoms with van der Waals surface area (Å²) in [4.78, 5) is 19.8. The van der Waals surface area contributed by atoms with E-state index in [0.717, 1.165) is 0 Å². The summed E-state index contributed by atoms with van der Waals surface area (Å²) in [6.07, 6.45) is 1.19. The quantitative estimate of drug-likeness (QED) is 0.170. The van der Waals surface area contributed by atoms with E-state index < -0.39 is 6.04 Å². The van der Waals surface area contributed by atoms with Crippen molar-refractivity contribution in [2.75, 3.05) is 33.9 Å². The summed E-state index contributed by atoms with van der Waals surface area (Å²) in [5.41, 5.74) is 13.4. The van der Waals surface area contributed by atoms with Gasteiger partial charge in [-0.15, -0.1) is 0 Å². The van der Waals surface area contributed by atoms with Gasteiger partial charge in [-0.25, -0.2) is 5.48 Å². The van der Waals surface area contributed by atoms with E-state index in [2.05, 4.69) is 20.6 Å². The summed E-state index contributed by atoms with van der Waals surface area (Å²) in [5.74, 6) is 0.0228. The number of guanidine groups is 1. The van der Waals surface area contributed by atoms with Crippen molar-refractivity contribution in [2.24, 2.45) is 16.5 Å². The van der Waals surface area contributed by atoms with E-state index in [1.807, 2.05) is 0 Å². The van der Waals surface area contributed by atoms with Crippen LogP contribution in [0, 0.1) is 0 Å². The fourth-order valence-electron chi connectivity index (χ4n) is 1.16. The number of aliphatic imine (C=N–C) groups is 1. The number of nitrogens with zero attached hydrogens (tertiary/aromatic N) is 1. The Morgan fingerprint density at radius 1 is 1.44 bits per heavy atom. The van der Waals surface area contributed by atoms with Crippen molar-refractivity contribution in [3.63, 3.8) is 0 Å². The third-order valence-corrected chi connectivity index (χ3v) is 2.11. The van der Waals surface area contributed by atoms with Gasteiger partial charge in [-0.1, -0.05) is 0 Å². The molecule has 6 N–H and O–H groups in total. The van der Waals surface area contributed by atoms with Crippen LogP contribution < -0.4 is 22.3 Å². The van der Waals surface area contributed by atoms with Crippen LogP contribution in [-0.4, -0.2) is 51.8 Å². The Bertz CT molecular complexity index is 260. The number of carbonyl (C=O) groups excluding carboxylic acids is 1. The summed E-state index contributed by atoms with van der Waals surface area (Å²) in [6.45, 7) is 1.69. The van der Waals surface area contributed by atoms with Crippen LogP contribution in [0.3, 0.4) is 0 Å². The highest BCUT2D eigenvalue weighted by Crippen LogP contribution is 1.95. The second-order valence-electron chi connectivity index (χ2n) is 3.61. The van der Waals surface area contributed by atoms with Gasteiger partial charge in [0.1, 0.15) is 0 Å². The summed E-state index contributed by atoms with van der Waals surface area (Å²) >= 11 is 0. The zero-order chi connectivity index (χ0) is 13.8. The van der Waals surface area contributed by atoms with Crippen molar-refractivity contribution in [1.82, 2.24) is 10.8 Å². The maximum atomic E-state index is 11.2. The first-order valence-corrected chi connectivity index (χ1v) is 5.73. The van der Waals surface area contributed by atoms with Crippen LogP contribution >= 0.6 is 0 Å². The molecular formula is C10H23N5O3. The zero-order valence-electron chi connectivity index (χ0n) is 10.9. The van der Waals surface area contributed by atoms with E-state index in [9.17, 15) is 4.79 Å². The summed E-state index contributed by atoms with van der Waals surface area (Å²) in [7, 11) is 2.97. The number of hydrogen-bond donors (Lipinski definition) is 4. The third-order valence-electron chi connectivity index (χ3n) is 2.11. The van der Waals surface area contributed by atoms with Crippen LogP contribution in [0.2, 0.25) is 0 Å². The van der Waals surface area contributed by atoms with E-state index >= 15 is 0 Å². The first-order chi connectivity index (χ1) is 8.61. The number of rotatable bonds is 9. The number of carbonyl (C=O) groups is 1. The molecule has 0 unspecified atom stereocenters. The summed E-state index contributed by atoms with van der Waals surface area (Å²) in [6, 6.07) is -0.595. The molecule has 0 aromatic rings. The molecule has 0 aliphatic heterocycles. The number of nitrogens with two attached hydrogens (primary N) is 2. The van der Waals surface area contributed by atoms with Crippen molar-refractivity contribution >= 4 is 11.9 Å². The van der Waals surface area contributed by atoms with Gasteiger partial charge in [0.2, 0.25) is 0 Å². The van der Waals surface area contributed by atoms with Gasteiger partial charge in [0.15, 0.2) is 5.96 Å². The minimum absolute atomic E-state index is 0.340. The fourth-order valence-corrected chi connectivity index (χ4v) is 1.16. The molecule has 1 amide bonds. The average molecular weight is 261 g/mol. The average Bonchev–Trinajstić information content (AvgIpc) is 2.35. The van der Waals surface area contributed by atoms with Crippen molar-refractivity contribution in [3.05, 3.63) is 0 Å². The maximum Gasteiger partial charge on any atom is 0.260 e. The normalized spacial score (nSPS) is 13.2. The Labute approximate surface area is 107 Å². The van der Waals surface area contributed by atoms with E-state index in [0.29, 0.717) is 38.5 Å². The van der Waals surface area contributed by atoms with Crippen molar-refractivity contribution in [1.29, 1.82) is 0 Å². The highest BCUT2D eigenvalue weighted by Gasteiger charge is 2.11. The predicted molar refractivity (Wildman–Crippen MR) is 68.7 cm³/mol. The summed E-state index contributed by atoms with van der Waals surface area (Å²) < 4.78 is 4.85. The summed E-state index contributed by atoms with van der Waals surface area (Å²) in [5, 5.41) is 2.89. The fraction of sp³-hybridized carbons (Fsp3) is 0.800.